The zero-order chi connectivity index (χ0) is 17.9. The van der Waals surface area contributed by atoms with Gasteiger partial charge in [0.1, 0.15) is 5.01 Å². The first-order chi connectivity index (χ1) is 11.2. The lowest BCUT2D eigenvalue weighted by atomic mass is 10.1. The van der Waals surface area contributed by atoms with Gasteiger partial charge in [-0.1, -0.05) is 25.2 Å². The molecule has 0 aliphatic heterocycles. The van der Waals surface area contributed by atoms with E-state index in [4.69, 9.17) is 0 Å². The summed E-state index contributed by atoms with van der Waals surface area (Å²) in [5.41, 5.74) is 0.129. The van der Waals surface area contributed by atoms with E-state index in [-0.39, 0.29) is 5.56 Å². The largest absolute Gasteiger partial charge is 0.341 e. The number of nitrogens with zero attached hydrogens (tertiary/aromatic N) is 2. The van der Waals surface area contributed by atoms with Gasteiger partial charge in [-0.3, -0.25) is 10.1 Å². The maximum absolute atomic E-state index is 12.5. The standard InChI is InChI=1S/C14H15F2N3O3S2/c1-8(2)7-11-18-19-14(23-11)17-12(20)9-3-5-10(6-4-9)24(21,22)13(15)16/h3-6,8,13H,7H2,1-2H3,(H,17,19,20). The molecule has 0 unspecified atom stereocenters. The van der Waals surface area contributed by atoms with Gasteiger partial charge >= 0.3 is 5.76 Å². The first-order valence-corrected chi connectivity index (χ1v) is 9.32. The summed E-state index contributed by atoms with van der Waals surface area (Å²) in [5.74, 6) is -3.62. The Morgan fingerprint density at radius 3 is 2.38 bits per heavy atom. The number of anilines is 1. The summed E-state index contributed by atoms with van der Waals surface area (Å²) in [5, 5.41) is 11.5. The summed E-state index contributed by atoms with van der Waals surface area (Å²) >= 11 is 1.25. The number of aromatic nitrogens is 2. The number of amides is 1. The minimum Gasteiger partial charge on any atom is -0.296 e. The molecular formula is C14H15F2N3O3S2. The van der Waals surface area contributed by atoms with Crippen LogP contribution in [0.1, 0.15) is 29.2 Å². The van der Waals surface area contributed by atoms with Gasteiger partial charge < -0.3 is 0 Å². The zero-order valence-corrected chi connectivity index (χ0v) is 14.5. The summed E-state index contributed by atoms with van der Waals surface area (Å²) in [6.07, 6.45) is 0.744. The van der Waals surface area contributed by atoms with Crippen LogP contribution in [0.3, 0.4) is 0 Å². The van der Waals surface area contributed by atoms with Gasteiger partial charge in [0.25, 0.3) is 5.91 Å². The van der Waals surface area contributed by atoms with Crippen LogP contribution in [0, 0.1) is 5.92 Å². The Morgan fingerprint density at radius 2 is 1.83 bits per heavy atom. The molecule has 0 bridgehead atoms. The fraction of sp³-hybridized carbons (Fsp3) is 0.357. The number of sulfone groups is 1. The van der Waals surface area contributed by atoms with Gasteiger partial charge in [0.15, 0.2) is 0 Å². The number of carbonyl (C=O) groups excluding carboxylic acids is 1. The third-order valence-electron chi connectivity index (χ3n) is 2.95. The molecule has 0 spiro atoms. The van der Waals surface area contributed by atoms with E-state index in [1.165, 1.54) is 23.5 Å². The van der Waals surface area contributed by atoms with E-state index in [2.05, 4.69) is 15.5 Å². The van der Waals surface area contributed by atoms with Crippen LogP contribution in [-0.2, 0) is 16.3 Å². The van der Waals surface area contributed by atoms with Gasteiger partial charge in [-0.2, -0.15) is 8.78 Å². The maximum Gasteiger partial charge on any atom is 0.341 e. The number of alkyl halides is 2. The number of nitrogens with one attached hydrogen (secondary N) is 1. The Labute approximate surface area is 141 Å². The Morgan fingerprint density at radius 1 is 1.21 bits per heavy atom. The van der Waals surface area contributed by atoms with Crippen molar-refractivity contribution in [1.82, 2.24) is 10.2 Å². The highest BCUT2D eigenvalue weighted by molar-refractivity contribution is 7.91. The maximum atomic E-state index is 12.5. The smallest absolute Gasteiger partial charge is 0.296 e. The molecule has 24 heavy (non-hydrogen) atoms. The quantitative estimate of drug-likeness (QED) is 0.838. The monoisotopic (exact) mass is 375 g/mol. The van der Waals surface area contributed by atoms with Crippen molar-refractivity contribution in [1.29, 1.82) is 0 Å². The third kappa shape index (κ3) is 4.32. The van der Waals surface area contributed by atoms with Crippen molar-refractivity contribution in [3.8, 4) is 0 Å². The van der Waals surface area contributed by atoms with E-state index in [1.807, 2.05) is 13.8 Å². The van der Waals surface area contributed by atoms with Crippen LogP contribution in [0.15, 0.2) is 29.2 Å². The van der Waals surface area contributed by atoms with E-state index >= 15 is 0 Å². The van der Waals surface area contributed by atoms with Crippen LogP contribution in [0.5, 0.6) is 0 Å². The lowest BCUT2D eigenvalue weighted by molar-refractivity contribution is 0.102. The minimum atomic E-state index is -4.67. The van der Waals surface area contributed by atoms with Gasteiger partial charge in [0.2, 0.25) is 15.0 Å². The van der Waals surface area contributed by atoms with Crippen LogP contribution < -0.4 is 5.32 Å². The lowest BCUT2D eigenvalue weighted by Crippen LogP contribution is -2.14. The summed E-state index contributed by atoms with van der Waals surface area (Å²) in [7, 11) is -4.67. The number of carbonyl (C=O) groups is 1. The summed E-state index contributed by atoms with van der Waals surface area (Å²) in [4.78, 5) is 11.5. The molecule has 0 fully saturated rings. The second-order valence-corrected chi connectivity index (χ2v) is 8.36. The number of rotatable bonds is 6. The molecule has 0 aliphatic carbocycles. The molecule has 0 saturated heterocycles. The fourth-order valence-electron chi connectivity index (χ4n) is 1.80. The Bertz CT molecular complexity index is 818. The van der Waals surface area contributed by atoms with E-state index in [0.29, 0.717) is 11.0 Å². The zero-order valence-electron chi connectivity index (χ0n) is 12.9. The van der Waals surface area contributed by atoms with Crippen molar-refractivity contribution in [2.45, 2.75) is 30.9 Å². The summed E-state index contributed by atoms with van der Waals surface area (Å²) < 4.78 is 47.6. The van der Waals surface area contributed by atoms with Crippen molar-refractivity contribution >= 4 is 32.2 Å². The Kier molecular flexibility index (Phi) is 5.60. The Balaban J connectivity index is 2.09. The average Bonchev–Trinajstić information content (AvgIpc) is 2.93. The molecule has 0 radical (unpaired) electrons. The van der Waals surface area contributed by atoms with Crippen molar-refractivity contribution in [2.75, 3.05) is 5.32 Å². The average molecular weight is 375 g/mol. The summed E-state index contributed by atoms with van der Waals surface area (Å²) in [6.45, 7) is 4.07. The van der Waals surface area contributed by atoms with E-state index in [9.17, 15) is 22.0 Å². The highest BCUT2D eigenvalue weighted by Gasteiger charge is 2.26. The van der Waals surface area contributed by atoms with E-state index < -0.39 is 26.4 Å². The first kappa shape index (κ1) is 18.4. The molecule has 6 nitrogen and oxygen atoms in total. The molecule has 130 valence electrons. The molecule has 1 aromatic carbocycles. The molecule has 1 heterocycles. The number of hydrogen-bond acceptors (Lipinski definition) is 6. The molecule has 2 aromatic rings. The molecule has 0 saturated carbocycles. The minimum absolute atomic E-state index is 0.129. The topological polar surface area (TPSA) is 89.0 Å². The number of halogens is 2. The van der Waals surface area contributed by atoms with Gasteiger partial charge in [-0.25, -0.2) is 8.42 Å². The molecule has 1 N–H and O–H groups in total. The van der Waals surface area contributed by atoms with Gasteiger partial charge in [-0.15, -0.1) is 10.2 Å². The van der Waals surface area contributed by atoms with E-state index in [0.717, 1.165) is 23.6 Å². The van der Waals surface area contributed by atoms with Gasteiger partial charge in [0, 0.05) is 12.0 Å². The Hall–Kier alpha value is -1.94. The van der Waals surface area contributed by atoms with Gasteiger partial charge in [0.05, 0.1) is 4.90 Å². The van der Waals surface area contributed by atoms with Crippen molar-refractivity contribution in [3.63, 3.8) is 0 Å². The molecule has 1 amide bonds. The molecule has 1 aromatic heterocycles. The molecule has 2 rings (SSSR count). The molecule has 10 heteroatoms. The number of benzene rings is 1. The highest BCUT2D eigenvalue weighted by Crippen LogP contribution is 2.21. The summed E-state index contributed by atoms with van der Waals surface area (Å²) in [6, 6.07) is 4.28. The molecular weight excluding hydrogens is 360 g/mol. The third-order valence-corrected chi connectivity index (χ3v) is 5.21. The van der Waals surface area contributed by atoms with Crippen LogP contribution in [0.25, 0.3) is 0 Å². The second kappa shape index (κ2) is 7.31. The van der Waals surface area contributed by atoms with Crippen LogP contribution in [-0.4, -0.2) is 30.3 Å². The van der Waals surface area contributed by atoms with Crippen LogP contribution in [0.4, 0.5) is 13.9 Å². The predicted octanol–water partition coefficient (Wildman–Crippen LogP) is 2.99. The van der Waals surface area contributed by atoms with Crippen LogP contribution in [0.2, 0.25) is 0 Å². The number of hydrogen-bond donors (Lipinski definition) is 1. The van der Waals surface area contributed by atoms with Gasteiger partial charge in [-0.05, 0) is 30.2 Å². The highest BCUT2D eigenvalue weighted by atomic mass is 32.2. The van der Waals surface area contributed by atoms with Crippen molar-refractivity contribution < 1.29 is 22.0 Å². The first-order valence-electron chi connectivity index (χ1n) is 6.96. The molecule has 0 atom stereocenters. The van der Waals surface area contributed by atoms with Crippen molar-refractivity contribution in [3.05, 3.63) is 34.8 Å². The fourth-order valence-corrected chi connectivity index (χ4v) is 3.47. The van der Waals surface area contributed by atoms with E-state index in [1.54, 1.807) is 0 Å². The van der Waals surface area contributed by atoms with Crippen LogP contribution >= 0.6 is 11.3 Å². The molecule has 0 aliphatic rings. The van der Waals surface area contributed by atoms with Crippen molar-refractivity contribution in [2.24, 2.45) is 5.92 Å². The SMILES string of the molecule is CC(C)Cc1nnc(NC(=O)c2ccc(S(=O)(=O)C(F)F)cc2)s1. The second-order valence-electron chi connectivity index (χ2n) is 5.38. The predicted molar refractivity (Wildman–Crippen MR) is 86.0 cm³/mol. The normalized spacial score (nSPS) is 11.9. The lowest BCUT2D eigenvalue weighted by Gasteiger charge is -2.05.